The van der Waals surface area contributed by atoms with Crippen LogP contribution < -0.4 is 18.5 Å². The number of amides is 1. The van der Waals surface area contributed by atoms with Gasteiger partial charge in [0.2, 0.25) is 0 Å². The lowest BCUT2D eigenvalue weighted by Gasteiger charge is -2.20. The molecule has 1 atom stereocenters. The Morgan fingerprint density at radius 3 is 2.36 bits per heavy atom. The molecule has 2 aliphatic rings. The Balaban J connectivity index is 1.34. The molecule has 0 aromatic heterocycles. The zero-order chi connectivity index (χ0) is 27.9. The van der Waals surface area contributed by atoms with E-state index in [4.69, 9.17) is 9.47 Å². The van der Waals surface area contributed by atoms with E-state index in [0.29, 0.717) is 24.5 Å². The molecule has 0 spiro atoms. The van der Waals surface area contributed by atoms with Crippen LogP contribution >= 0.6 is 0 Å². The first kappa shape index (κ1) is 27.0. The number of hydrogen-bond donors (Lipinski definition) is 2. The smallest absolute Gasteiger partial charge is 0.326 e. The number of fused-ring (bicyclic) bond motifs is 1. The molecule has 9 heteroatoms. The predicted octanol–water partition coefficient (Wildman–Crippen LogP) is 4.76. The highest BCUT2D eigenvalue weighted by atomic mass is 32.2. The van der Waals surface area contributed by atoms with E-state index in [9.17, 15) is 18.3 Å². The number of nitrogens with zero attached hydrogens (tertiary/aromatic N) is 1. The van der Waals surface area contributed by atoms with Crippen LogP contribution in [0.25, 0.3) is 11.1 Å². The Labute approximate surface area is 229 Å². The molecular formula is C30H34N2O6S. The summed E-state index contributed by atoms with van der Waals surface area (Å²) < 4.78 is 39.5. The monoisotopic (exact) mass is 550 g/mol. The highest BCUT2D eigenvalue weighted by Crippen LogP contribution is 2.42. The van der Waals surface area contributed by atoms with Crippen LogP contribution in [0.5, 0.6) is 11.5 Å². The van der Waals surface area contributed by atoms with Crippen LogP contribution in [-0.4, -0.2) is 38.2 Å². The Morgan fingerprint density at radius 1 is 1.05 bits per heavy atom. The first-order chi connectivity index (χ1) is 18.4. The van der Waals surface area contributed by atoms with Crippen LogP contribution in [0.3, 0.4) is 0 Å². The summed E-state index contributed by atoms with van der Waals surface area (Å²) in [5.41, 5.74) is 6.73. The SMILES string of the molecule is Cc1cc(OCCC(C)(C)O)cc(C)c1-c1cccc2c1CC[C@H]2Oc1ccc(N2CC(=O)NS2(=O)=O)cc1. The maximum absolute atomic E-state index is 12.1. The molecule has 1 saturated heterocycles. The van der Waals surface area contributed by atoms with Crippen LogP contribution in [0.1, 0.15) is 55.0 Å². The second-order valence-electron chi connectivity index (χ2n) is 10.9. The number of nitrogens with one attached hydrogen (secondary N) is 1. The second-order valence-corrected chi connectivity index (χ2v) is 12.5. The molecule has 1 aliphatic carbocycles. The Kier molecular flexibility index (Phi) is 7.07. The van der Waals surface area contributed by atoms with Gasteiger partial charge in [-0.3, -0.25) is 4.79 Å². The minimum atomic E-state index is -3.84. The van der Waals surface area contributed by atoms with Crippen molar-refractivity contribution in [1.82, 2.24) is 4.72 Å². The van der Waals surface area contributed by atoms with Crippen molar-refractivity contribution in [3.05, 3.63) is 76.9 Å². The van der Waals surface area contributed by atoms with E-state index in [1.54, 1.807) is 38.1 Å². The van der Waals surface area contributed by atoms with Crippen molar-refractivity contribution >= 4 is 21.8 Å². The maximum atomic E-state index is 12.1. The van der Waals surface area contributed by atoms with Gasteiger partial charge >= 0.3 is 10.2 Å². The minimum absolute atomic E-state index is 0.116. The summed E-state index contributed by atoms with van der Waals surface area (Å²) in [4.78, 5) is 11.5. The summed E-state index contributed by atoms with van der Waals surface area (Å²) in [6, 6.07) is 17.2. The van der Waals surface area contributed by atoms with Crippen molar-refractivity contribution in [3.63, 3.8) is 0 Å². The molecule has 0 saturated carbocycles. The molecule has 2 N–H and O–H groups in total. The summed E-state index contributed by atoms with van der Waals surface area (Å²) in [6.45, 7) is 7.97. The molecule has 8 nitrogen and oxygen atoms in total. The number of ether oxygens (including phenoxy) is 2. The molecule has 3 aromatic rings. The maximum Gasteiger partial charge on any atom is 0.326 e. The Hall–Kier alpha value is -3.56. The van der Waals surface area contributed by atoms with Crippen molar-refractivity contribution < 1.29 is 27.8 Å². The molecule has 0 unspecified atom stereocenters. The fourth-order valence-corrected chi connectivity index (χ4v) is 6.50. The van der Waals surface area contributed by atoms with Gasteiger partial charge in [-0.15, -0.1) is 0 Å². The van der Waals surface area contributed by atoms with Gasteiger partial charge in [0.15, 0.2) is 0 Å². The van der Waals surface area contributed by atoms with Crippen LogP contribution in [0.4, 0.5) is 5.69 Å². The van der Waals surface area contributed by atoms with E-state index >= 15 is 0 Å². The lowest BCUT2D eigenvalue weighted by atomic mass is 9.90. The quantitative estimate of drug-likeness (QED) is 0.419. The second kappa shape index (κ2) is 10.2. The van der Waals surface area contributed by atoms with Crippen LogP contribution in [-0.2, 0) is 21.4 Å². The summed E-state index contributed by atoms with van der Waals surface area (Å²) in [6.07, 6.45) is 2.16. The van der Waals surface area contributed by atoms with Crippen LogP contribution in [0.15, 0.2) is 54.6 Å². The normalized spacial score (nSPS) is 18.1. The number of benzene rings is 3. The molecule has 1 fully saturated rings. The van der Waals surface area contributed by atoms with Gasteiger partial charge in [0.25, 0.3) is 5.91 Å². The highest BCUT2D eigenvalue weighted by Gasteiger charge is 2.34. The first-order valence-corrected chi connectivity index (χ1v) is 14.5. The van der Waals surface area contributed by atoms with E-state index in [2.05, 4.69) is 44.2 Å². The molecule has 3 aromatic carbocycles. The number of aryl methyl sites for hydroxylation is 2. The zero-order valence-electron chi connectivity index (χ0n) is 22.7. The van der Waals surface area contributed by atoms with Crippen molar-refractivity contribution in [1.29, 1.82) is 0 Å². The molecule has 0 radical (unpaired) electrons. The summed E-state index contributed by atoms with van der Waals surface area (Å²) in [5, 5.41) is 9.96. The predicted molar refractivity (Wildman–Crippen MR) is 150 cm³/mol. The van der Waals surface area contributed by atoms with Gasteiger partial charge in [-0.2, -0.15) is 8.42 Å². The number of hydrogen-bond acceptors (Lipinski definition) is 6. The fraction of sp³-hybridized carbons (Fsp3) is 0.367. The van der Waals surface area contributed by atoms with Crippen molar-refractivity contribution in [2.24, 2.45) is 0 Å². The third kappa shape index (κ3) is 5.74. The van der Waals surface area contributed by atoms with E-state index in [1.165, 1.54) is 16.7 Å². The average Bonchev–Trinajstić information content (AvgIpc) is 3.37. The van der Waals surface area contributed by atoms with Gasteiger partial charge < -0.3 is 14.6 Å². The van der Waals surface area contributed by atoms with Crippen molar-refractivity contribution in [3.8, 4) is 22.6 Å². The van der Waals surface area contributed by atoms with Gasteiger partial charge in [0, 0.05) is 6.42 Å². The van der Waals surface area contributed by atoms with Crippen LogP contribution in [0, 0.1) is 13.8 Å². The van der Waals surface area contributed by atoms with Crippen molar-refractivity contribution in [2.45, 2.75) is 58.7 Å². The summed E-state index contributed by atoms with van der Waals surface area (Å²) in [7, 11) is -3.84. The zero-order valence-corrected chi connectivity index (χ0v) is 23.5. The van der Waals surface area contributed by atoms with E-state index in [-0.39, 0.29) is 12.6 Å². The standard InChI is InChI=1S/C30H34N2O6S/c1-19-16-23(37-15-14-30(3,4)34)17-20(2)29(19)26-7-5-6-25-24(26)12-13-27(25)38-22-10-8-21(9-11-22)32-18-28(33)31-39(32,35)36/h5-11,16-17,27,34H,12-15,18H2,1-4H3,(H,31,33)/t27-/m1/s1. The molecule has 1 heterocycles. The largest absolute Gasteiger partial charge is 0.493 e. The van der Waals surface area contributed by atoms with Crippen LogP contribution in [0.2, 0.25) is 0 Å². The number of aliphatic hydroxyl groups is 1. The van der Waals surface area contributed by atoms with Gasteiger partial charge in [0.1, 0.15) is 24.1 Å². The van der Waals surface area contributed by atoms with Crippen molar-refractivity contribution in [2.75, 3.05) is 17.5 Å². The van der Waals surface area contributed by atoms with Gasteiger partial charge in [-0.1, -0.05) is 18.2 Å². The van der Waals surface area contributed by atoms with E-state index in [0.717, 1.165) is 39.6 Å². The Bertz CT molecular complexity index is 1490. The Morgan fingerprint density at radius 2 is 1.74 bits per heavy atom. The number of rotatable bonds is 8. The molecule has 39 heavy (non-hydrogen) atoms. The molecule has 5 rings (SSSR count). The topological polar surface area (TPSA) is 105 Å². The lowest BCUT2D eigenvalue weighted by Crippen LogP contribution is -2.29. The minimum Gasteiger partial charge on any atom is -0.493 e. The molecule has 1 aliphatic heterocycles. The van der Waals surface area contributed by atoms with Gasteiger partial charge in [-0.05, 0) is 110 Å². The van der Waals surface area contributed by atoms with E-state index < -0.39 is 21.7 Å². The molecular weight excluding hydrogens is 516 g/mol. The fourth-order valence-electron chi connectivity index (χ4n) is 5.36. The van der Waals surface area contributed by atoms with E-state index in [1.807, 2.05) is 4.72 Å². The van der Waals surface area contributed by atoms with Gasteiger partial charge in [-0.25, -0.2) is 9.03 Å². The third-order valence-corrected chi connectivity index (χ3v) is 8.60. The number of carbonyl (C=O) groups excluding carboxylic acids is 1. The molecule has 206 valence electrons. The van der Waals surface area contributed by atoms with Gasteiger partial charge in [0.05, 0.1) is 17.9 Å². The summed E-state index contributed by atoms with van der Waals surface area (Å²) >= 11 is 0. The summed E-state index contributed by atoms with van der Waals surface area (Å²) in [5.74, 6) is 0.891. The molecule has 1 amide bonds. The third-order valence-electron chi connectivity index (χ3n) is 7.20. The highest BCUT2D eigenvalue weighted by molar-refractivity contribution is 7.92. The molecule has 0 bridgehead atoms. The first-order valence-electron chi connectivity index (χ1n) is 13.1. The number of carbonyl (C=O) groups is 1. The average molecular weight is 551 g/mol. The number of anilines is 1. The lowest BCUT2D eigenvalue weighted by molar-refractivity contribution is -0.117.